The van der Waals surface area contributed by atoms with E-state index >= 15 is 0 Å². The summed E-state index contributed by atoms with van der Waals surface area (Å²) in [5.74, 6) is -0.373. The van der Waals surface area contributed by atoms with E-state index in [0.29, 0.717) is 21.2 Å². The number of amides is 1. The van der Waals surface area contributed by atoms with Crippen molar-refractivity contribution in [3.05, 3.63) is 74.8 Å². The molecule has 0 saturated heterocycles. The lowest BCUT2D eigenvalue weighted by Gasteiger charge is -2.23. The third-order valence-electron chi connectivity index (χ3n) is 4.47. The lowest BCUT2D eigenvalue weighted by atomic mass is 10.00. The van der Waals surface area contributed by atoms with Crippen LogP contribution in [0.25, 0.3) is 6.08 Å². The molecule has 5 heteroatoms. The van der Waals surface area contributed by atoms with Crippen LogP contribution in [0.1, 0.15) is 34.0 Å². The van der Waals surface area contributed by atoms with Crippen molar-refractivity contribution in [2.24, 2.45) is 0 Å². The molecular formula is C21H21Cl2NO2. The highest BCUT2D eigenvalue weighted by Gasteiger charge is 2.22. The minimum Gasteiger partial charge on any atom is -0.332 e. The minimum absolute atomic E-state index is 0.0955. The first-order valence-corrected chi connectivity index (χ1v) is 8.97. The van der Waals surface area contributed by atoms with Crippen molar-refractivity contribution in [2.45, 2.75) is 26.8 Å². The van der Waals surface area contributed by atoms with E-state index in [9.17, 15) is 9.59 Å². The number of Topliss-reactive ketones (excluding diaryl/α,β-unsaturated/α-hetero) is 1. The smallest absolute Gasteiger partial charge is 0.246 e. The summed E-state index contributed by atoms with van der Waals surface area (Å²) in [6.07, 6.45) is 3.02. The van der Waals surface area contributed by atoms with Crippen LogP contribution in [-0.2, 0) is 4.79 Å². The van der Waals surface area contributed by atoms with Crippen LogP contribution in [-0.4, -0.2) is 29.7 Å². The van der Waals surface area contributed by atoms with Crippen LogP contribution in [0, 0.1) is 13.8 Å². The number of carbonyl (C=O) groups excluding carboxylic acids is 2. The zero-order valence-corrected chi connectivity index (χ0v) is 16.7. The molecular weight excluding hydrogens is 369 g/mol. The molecule has 1 unspecified atom stereocenters. The van der Waals surface area contributed by atoms with E-state index in [0.717, 1.165) is 11.1 Å². The van der Waals surface area contributed by atoms with Gasteiger partial charge in [-0.15, -0.1) is 0 Å². The normalized spacial score (nSPS) is 12.2. The zero-order chi connectivity index (χ0) is 19.4. The van der Waals surface area contributed by atoms with Crippen LogP contribution in [0.5, 0.6) is 0 Å². The first kappa shape index (κ1) is 20.2. The lowest BCUT2D eigenvalue weighted by Crippen LogP contribution is -2.39. The Bertz CT molecular complexity index is 874. The fraction of sp³-hybridized carbons (Fsp3) is 0.238. The number of ketones is 1. The van der Waals surface area contributed by atoms with Gasteiger partial charge in [0.15, 0.2) is 5.78 Å². The van der Waals surface area contributed by atoms with E-state index in [2.05, 4.69) is 0 Å². The highest BCUT2D eigenvalue weighted by atomic mass is 35.5. The van der Waals surface area contributed by atoms with Gasteiger partial charge in [0.05, 0.1) is 6.04 Å². The van der Waals surface area contributed by atoms with Gasteiger partial charge < -0.3 is 4.90 Å². The van der Waals surface area contributed by atoms with E-state index in [1.807, 2.05) is 26.0 Å². The largest absolute Gasteiger partial charge is 0.332 e. The van der Waals surface area contributed by atoms with E-state index in [-0.39, 0.29) is 11.7 Å². The standard InChI is InChI=1S/C21H21Cl2NO2/c1-13-5-6-17(11-14(13)2)21(26)15(3)24(4)20(25)10-8-16-7-9-18(22)12-19(16)23/h5-12,15H,1-4H3/b10-8+. The number of aryl methyl sites for hydroxylation is 2. The first-order chi connectivity index (χ1) is 12.2. The highest BCUT2D eigenvalue weighted by molar-refractivity contribution is 6.35. The quantitative estimate of drug-likeness (QED) is 0.510. The van der Waals surface area contributed by atoms with Gasteiger partial charge in [-0.2, -0.15) is 0 Å². The molecule has 136 valence electrons. The fourth-order valence-corrected chi connectivity index (χ4v) is 2.89. The number of hydrogen-bond acceptors (Lipinski definition) is 2. The van der Waals surface area contributed by atoms with Gasteiger partial charge in [-0.3, -0.25) is 9.59 Å². The SMILES string of the molecule is Cc1ccc(C(=O)C(C)N(C)C(=O)/C=C/c2ccc(Cl)cc2Cl)cc1C. The van der Waals surface area contributed by atoms with Gasteiger partial charge in [-0.25, -0.2) is 0 Å². The van der Waals surface area contributed by atoms with E-state index in [1.165, 1.54) is 11.0 Å². The maximum atomic E-state index is 12.7. The molecule has 2 aromatic carbocycles. The van der Waals surface area contributed by atoms with Crippen molar-refractivity contribution in [2.75, 3.05) is 7.05 Å². The van der Waals surface area contributed by atoms with Gasteiger partial charge in [0.25, 0.3) is 0 Å². The summed E-state index contributed by atoms with van der Waals surface area (Å²) >= 11 is 12.0. The molecule has 0 aliphatic rings. The summed E-state index contributed by atoms with van der Waals surface area (Å²) in [6, 6.07) is 10.0. The Morgan fingerprint density at radius 2 is 1.73 bits per heavy atom. The summed E-state index contributed by atoms with van der Waals surface area (Å²) in [6.45, 7) is 5.68. The van der Waals surface area contributed by atoms with Crippen LogP contribution in [0.15, 0.2) is 42.5 Å². The Balaban J connectivity index is 2.12. The molecule has 0 spiro atoms. The maximum Gasteiger partial charge on any atom is 0.246 e. The van der Waals surface area contributed by atoms with E-state index in [1.54, 1.807) is 44.3 Å². The van der Waals surface area contributed by atoms with Crippen molar-refractivity contribution in [3.8, 4) is 0 Å². The Kier molecular flexibility index (Phi) is 6.63. The Hall–Kier alpha value is -2.10. The lowest BCUT2D eigenvalue weighted by molar-refractivity contribution is -0.125. The second-order valence-electron chi connectivity index (χ2n) is 6.29. The van der Waals surface area contributed by atoms with Crippen molar-refractivity contribution in [3.63, 3.8) is 0 Å². The Morgan fingerprint density at radius 3 is 2.35 bits per heavy atom. The second kappa shape index (κ2) is 8.52. The molecule has 2 rings (SSSR count). The molecule has 0 aromatic heterocycles. The molecule has 0 fully saturated rings. The summed E-state index contributed by atoms with van der Waals surface area (Å²) < 4.78 is 0. The topological polar surface area (TPSA) is 37.4 Å². The summed E-state index contributed by atoms with van der Waals surface area (Å²) in [5.41, 5.74) is 3.46. The van der Waals surface area contributed by atoms with Crippen molar-refractivity contribution >= 4 is 41.0 Å². The van der Waals surface area contributed by atoms with E-state index in [4.69, 9.17) is 23.2 Å². The molecule has 0 bridgehead atoms. The Morgan fingerprint density at radius 1 is 1.04 bits per heavy atom. The molecule has 3 nitrogen and oxygen atoms in total. The van der Waals surface area contributed by atoms with Gasteiger partial charge in [-0.1, -0.05) is 41.4 Å². The van der Waals surface area contributed by atoms with Gasteiger partial charge >= 0.3 is 0 Å². The predicted molar refractivity (Wildman–Crippen MR) is 108 cm³/mol. The predicted octanol–water partition coefficient (Wildman–Crippen LogP) is 5.35. The second-order valence-corrected chi connectivity index (χ2v) is 7.13. The number of nitrogens with zero attached hydrogens (tertiary/aromatic N) is 1. The van der Waals surface area contributed by atoms with Crippen molar-refractivity contribution in [1.82, 2.24) is 4.90 Å². The Labute approximate surface area is 164 Å². The minimum atomic E-state index is -0.574. The zero-order valence-electron chi connectivity index (χ0n) is 15.2. The molecule has 0 aliphatic heterocycles. The highest BCUT2D eigenvalue weighted by Crippen LogP contribution is 2.22. The third-order valence-corrected chi connectivity index (χ3v) is 5.03. The van der Waals surface area contributed by atoms with Crippen LogP contribution in [0.4, 0.5) is 0 Å². The molecule has 26 heavy (non-hydrogen) atoms. The van der Waals surface area contributed by atoms with Crippen LogP contribution in [0.3, 0.4) is 0 Å². The molecule has 1 amide bonds. The van der Waals surface area contributed by atoms with Crippen LogP contribution < -0.4 is 0 Å². The molecule has 0 aliphatic carbocycles. The monoisotopic (exact) mass is 389 g/mol. The first-order valence-electron chi connectivity index (χ1n) is 8.22. The van der Waals surface area contributed by atoms with Gasteiger partial charge in [0.2, 0.25) is 5.91 Å². The molecule has 0 N–H and O–H groups in total. The number of halogens is 2. The number of hydrogen-bond donors (Lipinski definition) is 0. The van der Waals surface area contributed by atoms with Crippen molar-refractivity contribution < 1.29 is 9.59 Å². The average Bonchev–Trinajstić information content (AvgIpc) is 2.61. The van der Waals surface area contributed by atoms with Gasteiger partial charge in [0.1, 0.15) is 0 Å². The fourth-order valence-electron chi connectivity index (χ4n) is 2.42. The summed E-state index contributed by atoms with van der Waals surface area (Å²) in [5, 5.41) is 0.992. The number of carbonyl (C=O) groups is 2. The van der Waals surface area contributed by atoms with E-state index < -0.39 is 6.04 Å². The van der Waals surface area contributed by atoms with Gasteiger partial charge in [0, 0.05) is 28.7 Å². The summed E-state index contributed by atoms with van der Waals surface area (Å²) in [7, 11) is 1.61. The molecule has 0 heterocycles. The molecule has 1 atom stereocenters. The van der Waals surface area contributed by atoms with Crippen molar-refractivity contribution in [1.29, 1.82) is 0 Å². The molecule has 0 radical (unpaired) electrons. The molecule has 2 aromatic rings. The average molecular weight is 390 g/mol. The number of benzene rings is 2. The summed E-state index contributed by atoms with van der Waals surface area (Å²) in [4.78, 5) is 26.5. The van der Waals surface area contributed by atoms with Crippen LogP contribution >= 0.6 is 23.2 Å². The van der Waals surface area contributed by atoms with Gasteiger partial charge in [-0.05, 0) is 61.7 Å². The number of likely N-dealkylation sites (N-methyl/N-ethyl adjacent to an activating group) is 1. The maximum absolute atomic E-state index is 12.7. The number of rotatable bonds is 5. The van der Waals surface area contributed by atoms with Crippen LogP contribution in [0.2, 0.25) is 10.0 Å². The molecule has 0 saturated carbocycles. The third kappa shape index (κ3) is 4.75.